The van der Waals surface area contributed by atoms with Gasteiger partial charge < -0.3 is 5.11 Å². The molecule has 0 unspecified atom stereocenters. The lowest BCUT2D eigenvalue weighted by Crippen LogP contribution is -2.09. The Balaban J connectivity index is 1.41. The van der Waals surface area contributed by atoms with Gasteiger partial charge in [0.05, 0.1) is 41.5 Å². The van der Waals surface area contributed by atoms with Gasteiger partial charge in [0.1, 0.15) is 17.1 Å². The molecule has 0 atom stereocenters. The molecule has 35 heavy (non-hydrogen) atoms. The molecule has 3 heterocycles. The van der Waals surface area contributed by atoms with Gasteiger partial charge in [-0.2, -0.15) is 28.5 Å². The Morgan fingerprint density at radius 2 is 1.66 bits per heavy atom. The van der Waals surface area contributed by atoms with E-state index in [-0.39, 0.29) is 29.2 Å². The number of halogens is 5. The van der Waals surface area contributed by atoms with Crippen molar-refractivity contribution < 1.29 is 27.1 Å². The lowest BCUT2D eigenvalue weighted by atomic mass is 10.0. The Labute approximate surface area is 193 Å². The van der Waals surface area contributed by atoms with E-state index < -0.39 is 29.1 Å². The quantitative estimate of drug-likeness (QED) is 0.363. The zero-order valence-electron chi connectivity index (χ0n) is 17.5. The second-order valence-corrected chi connectivity index (χ2v) is 7.53. The minimum Gasteiger partial charge on any atom is -0.508 e. The van der Waals surface area contributed by atoms with Crippen LogP contribution in [0.15, 0.2) is 60.9 Å². The number of phenolic OH excluding ortho intramolecular Hbond substituents is 1. The summed E-state index contributed by atoms with van der Waals surface area (Å²) in [7, 11) is 0. The molecule has 2 aliphatic heterocycles. The van der Waals surface area contributed by atoms with Crippen molar-refractivity contribution in [2.45, 2.75) is 12.7 Å². The molecular weight excluding hydrogens is 471 g/mol. The number of phenols is 1. The van der Waals surface area contributed by atoms with Crippen molar-refractivity contribution in [3.05, 3.63) is 83.8 Å². The van der Waals surface area contributed by atoms with Gasteiger partial charge in [0.2, 0.25) is 0 Å². The number of rotatable bonds is 4. The van der Waals surface area contributed by atoms with Crippen LogP contribution in [0.4, 0.5) is 22.0 Å². The standard InChI is InChI=1S/C23H13F5N6O/c24-17-3-1-2-15(21(17)25)22-30-19-9-29-34(11-20(19)31-22)10-12-4-7-18(33-32-12)14-6-5-13(35)8-16(14)23(26,27)28/h1-9,11,35H,10H2. The molecule has 1 aromatic heterocycles. The molecule has 0 amide bonds. The third-order valence-electron chi connectivity index (χ3n) is 5.14. The van der Waals surface area contributed by atoms with Gasteiger partial charge in [-0.25, -0.2) is 18.7 Å². The van der Waals surface area contributed by atoms with Gasteiger partial charge in [0.25, 0.3) is 0 Å². The summed E-state index contributed by atoms with van der Waals surface area (Å²) in [5.41, 5.74) is -0.198. The van der Waals surface area contributed by atoms with Crippen LogP contribution in [0.3, 0.4) is 0 Å². The summed E-state index contributed by atoms with van der Waals surface area (Å²) in [5, 5.41) is 21.5. The Morgan fingerprint density at radius 1 is 0.857 bits per heavy atom. The third kappa shape index (κ3) is 4.37. The van der Waals surface area contributed by atoms with E-state index in [0.717, 1.165) is 18.2 Å². The molecular formula is C23H13F5N6O. The maximum Gasteiger partial charge on any atom is 0.417 e. The average Bonchev–Trinajstić information content (AvgIpc) is 3.24. The summed E-state index contributed by atoms with van der Waals surface area (Å²) in [6.45, 7) is 0.113. The zero-order chi connectivity index (χ0) is 24.7. The molecule has 0 saturated heterocycles. The predicted octanol–water partition coefficient (Wildman–Crippen LogP) is 4.95. The topological polar surface area (TPSA) is 89.6 Å². The van der Waals surface area contributed by atoms with E-state index in [1.807, 2.05) is 0 Å². The summed E-state index contributed by atoms with van der Waals surface area (Å²) in [6.07, 6.45) is -1.76. The second-order valence-electron chi connectivity index (χ2n) is 7.53. The van der Waals surface area contributed by atoms with Crippen molar-refractivity contribution in [3.8, 4) is 39.8 Å². The van der Waals surface area contributed by atoms with Gasteiger partial charge in [-0.1, -0.05) is 6.07 Å². The van der Waals surface area contributed by atoms with E-state index in [1.54, 1.807) is 0 Å². The summed E-state index contributed by atoms with van der Waals surface area (Å²) in [6, 6.07) is 9.49. The molecule has 0 radical (unpaired) electrons. The second kappa shape index (κ2) is 8.38. The third-order valence-corrected chi connectivity index (χ3v) is 5.14. The maximum absolute atomic E-state index is 14.1. The van der Waals surface area contributed by atoms with Crippen LogP contribution in [0.5, 0.6) is 5.75 Å². The number of nitrogens with zero attached hydrogens (tertiary/aromatic N) is 6. The molecule has 0 fully saturated rings. The molecule has 12 heteroatoms. The molecule has 176 valence electrons. The first-order chi connectivity index (χ1) is 16.7. The van der Waals surface area contributed by atoms with Crippen LogP contribution in [-0.2, 0) is 12.7 Å². The molecule has 0 spiro atoms. The molecule has 0 bridgehead atoms. The molecule has 0 saturated carbocycles. The number of hydrogen-bond donors (Lipinski definition) is 1. The van der Waals surface area contributed by atoms with Crippen LogP contribution in [0.25, 0.3) is 34.0 Å². The van der Waals surface area contributed by atoms with E-state index in [0.29, 0.717) is 23.1 Å². The van der Waals surface area contributed by atoms with Crippen LogP contribution in [-0.4, -0.2) is 35.1 Å². The van der Waals surface area contributed by atoms with Gasteiger partial charge in [0.15, 0.2) is 17.5 Å². The van der Waals surface area contributed by atoms with E-state index in [4.69, 9.17) is 0 Å². The molecule has 2 aliphatic rings. The Morgan fingerprint density at radius 3 is 2.40 bits per heavy atom. The monoisotopic (exact) mass is 484 g/mol. The number of fused-ring (bicyclic) bond motifs is 1. The van der Waals surface area contributed by atoms with Gasteiger partial charge in [-0.3, -0.25) is 4.68 Å². The Kier molecular flexibility index (Phi) is 5.35. The first-order valence-corrected chi connectivity index (χ1v) is 10.1. The Hall–Kier alpha value is -4.48. The van der Waals surface area contributed by atoms with Crippen LogP contribution < -0.4 is 0 Å². The van der Waals surface area contributed by atoms with Crippen LogP contribution in [0.1, 0.15) is 11.3 Å². The van der Waals surface area contributed by atoms with E-state index >= 15 is 0 Å². The number of aromatic hydroxyl groups is 1. The first-order valence-electron chi connectivity index (χ1n) is 10.1. The summed E-state index contributed by atoms with van der Waals surface area (Å²) < 4.78 is 69.1. The highest BCUT2D eigenvalue weighted by Gasteiger charge is 2.34. The highest BCUT2D eigenvalue weighted by atomic mass is 19.4. The van der Waals surface area contributed by atoms with Crippen molar-refractivity contribution in [3.63, 3.8) is 0 Å². The SMILES string of the molecule is Oc1ccc(-c2ccc(Cn3cc4nc(-c5cccc(F)c5F)nc-4cn3)nn2)c(C(F)(F)F)c1. The van der Waals surface area contributed by atoms with Crippen LogP contribution >= 0.6 is 0 Å². The van der Waals surface area contributed by atoms with Gasteiger partial charge >= 0.3 is 6.18 Å². The van der Waals surface area contributed by atoms with Gasteiger partial charge in [-0.15, -0.1) is 0 Å². The minimum absolute atomic E-state index is 0.00932. The largest absolute Gasteiger partial charge is 0.508 e. The average molecular weight is 484 g/mol. The molecule has 0 aliphatic carbocycles. The van der Waals surface area contributed by atoms with Crippen molar-refractivity contribution in [2.24, 2.45) is 0 Å². The van der Waals surface area contributed by atoms with Crippen LogP contribution in [0, 0.1) is 11.6 Å². The van der Waals surface area contributed by atoms with Crippen molar-refractivity contribution >= 4 is 0 Å². The van der Waals surface area contributed by atoms with E-state index in [2.05, 4.69) is 25.3 Å². The number of alkyl halides is 3. The van der Waals surface area contributed by atoms with E-state index in [9.17, 15) is 27.1 Å². The highest BCUT2D eigenvalue weighted by molar-refractivity contribution is 5.66. The number of imidazole rings is 1. The summed E-state index contributed by atoms with van der Waals surface area (Å²) in [4.78, 5) is 8.42. The highest BCUT2D eigenvalue weighted by Crippen LogP contribution is 2.38. The minimum atomic E-state index is -4.68. The number of aromatic nitrogens is 6. The molecule has 5 rings (SSSR count). The van der Waals surface area contributed by atoms with Crippen molar-refractivity contribution in [1.82, 2.24) is 29.9 Å². The van der Waals surface area contributed by atoms with Gasteiger partial charge in [0, 0.05) is 5.56 Å². The smallest absolute Gasteiger partial charge is 0.417 e. The fourth-order valence-electron chi connectivity index (χ4n) is 3.49. The zero-order valence-corrected chi connectivity index (χ0v) is 17.5. The van der Waals surface area contributed by atoms with E-state index in [1.165, 1.54) is 41.3 Å². The molecule has 7 nitrogen and oxygen atoms in total. The normalized spacial score (nSPS) is 11.8. The summed E-state index contributed by atoms with van der Waals surface area (Å²) >= 11 is 0. The molecule has 2 aromatic carbocycles. The van der Waals surface area contributed by atoms with Crippen LogP contribution in [0.2, 0.25) is 0 Å². The lowest BCUT2D eigenvalue weighted by molar-refractivity contribution is -0.137. The predicted molar refractivity (Wildman–Crippen MR) is 113 cm³/mol. The van der Waals surface area contributed by atoms with Crippen molar-refractivity contribution in [1.29, 1.82) is 0 Å². The van der Waals surface area contributed by atoms with Crippen molar-refractivity contribution in [2.75, 3.05) is 0 Å². The Bertz CT molecular complexity index is 1500. The van der Waals surface area contributed by atoms with Gasteiger partial charge in [-0.05, 0) is 42.5 Å². The molecule has 3 aromatic rings. The fourth-order valence-corrected chi connectivity index (χ4v) is 3.49. The maximum atomic E-state index is 14.1. The lowest BCUT2D eigenvalue weighted by Gasteiger charge is -2.13. The fraction of sp³-hybridized carbons (Fsp3) is 0.0870. The number of hydrogen-bond acceptors (Lipinski definition) is 6. The molecule has 1 N–H and O–H groups in total. The summed E-state index contributed by atoms with van der Waals surface area (Å²) in [5.74, 6) is -2.57. The first kappa shape index (κ1) is 22.3. The number of benzene rings is 2.